The van der Waals surface area contributed by atoms with Gasteiger partial charge in [-0.25, -0.2) is 4.79 Å². The van der Waals surface area contributed by atoms with Crippen LogP contribution in [0.5, 0.6) is 0 Å². The highest BCUT2D eigenvalue weighted by molar-refractivity contribution is 5.83. The van der Waals surface area contributed by atoms with Gasteiger partial charge >= 0.3 is 5.97 Å². The number of carbonyl (C=O) groups is 2. The van der Waals surface area contributed by atoms with Crippen molar-refractivity contribution >= 4 is 11.9 Å². The monoisotopic (exact) mass is 256 g/mol. The largest absolute Gasteiger partial charge is 0.480 e. The van der Waals surface area contributed by atoms with Crippen LogP contribution >= 0.6 is 0 Å². The van der Waals surface area contributed by atoms with Gasteiger partial charge in [-0.3, -0.25) is 4.79 Å². The molecule has 1 saturated heterocycles. The van der Waals surface area contributed by atoms with Gasteiger partial charge in [0.05, 0.1) is 0 Å². The predicted octanol–water partition coefficient (Wildman–Crippen LogP) is 1.23. The van der Waals surface area contributed by atoms with Gasteiger partial charge < -0.3 is 15.3 Å². The van der Waals surface area contributed by atoms with Gasteiger partial charge in [-0.05, 0) is 45.3 Å². The normalized spacial score (nSPS) is 18.3. The van der Waals surface area contributed by atoms with Crippen LogP contribution in [0.2, 0.25) is 0 Å². The zero-order valence-electron chi connectivity index (χ0n) is 11.2. The molecule has 1 unspecified atom stereocenters. The van der Waals surface area contributed by atoms with Crippen molar-refractivity contribution in [2.45, 2.75) is 51.5 Å². The highest BCUT2D eigenvalue weighted by atomic mass is 16.4. The molecule has 0 aliphatic carbocycles. The fourth-order valence-electron chi connectivity index (χ4n) is 2.26. The lowest BCUT2D eigenvalue weighted by atomic mass is 10.1. The smallest absolute Gasteiger partial charge is 0.326 e. The highest BCUT2D eigenvalue weighted by Crippen LogP contribution is 2.10. The Hall–Kier alpha value is -1.10. The van der Waals surface area contributed by atoms with E-state index in [1.54, 1.807) is 6.92 Å². The Balaban J connectivity index is 2.24. The van der Waals surface area contributed by atoms with E-state index in [-0.39, 0.29) is 5.91 Å². The van der Waals surface area contributed by atoms with E-state index in [4.69, 9.17) is 5.11 Å². The molecular weight excluding hydrogens is 232 g/mol. The summed E-state index contributed by atoms with van der Waals surface area (Å²) in [6.07, 6.45) is 5.46. The van der Waals surface area contributed by atoms with E-state index in [9.17, 15) is 9.59 Å². The molecule has 1 rings (SSSR count). The Kier molecular flexibility index (Phi) is 6.72. The molecule has 1 aliphatic rings. The van der Waals surface area contributed by atoms with E-state index in [1.807, 2.05) is 0 Å². The fourth-order valence-corrected chi connectivity index (χ4v) is 2.26. The van der Waals surface area contributed by atoms with Crippen LogP contribution in [0.15, 0.2) is 0 Å². The molecule has 5 nitrogen and oxygen atoms in total. The average molecular weight is 256 g/mol. The van der Waals surface area contributed by atoms with Crippen molar-refractivity contribution in [1.29, 1.82) is 0 Å². The number of rotatable bonds is 7. The minimum Gasteiger partial charge on any atom is -0.480 e. The molecule has 0 aromatic carbocycles. The quantitative estimate of drug-likeness (QED) is 0.719. The Labute approximate surface area is 109 Å². The van der Waals surface area contributed by atoms with Gasteiger partial charge in [-0.15, -0.1) is 0 Å². The van der Waals surface area contributed by atoms with Crippen LogP contribution in [0.4, 0.5) is 0 Å². The Bertz CT molecular complexity index is 275. The first kappa shape index (κ1) is 15.0. The van der Waals surface area contributed by atoms with Crippen molar-refractivity contribution < 1.29 is 14.7 Å². The van der Waals surface area contributed by atoms with E-state index in [0.717, 1.165) is 26.1 Å². The SMILES string of the molecule is CCC(=O)NC(CCCN1CCCCC1)C(=O)O. The minimum absolute atomic E-state index is 0.194. The molecule has 0 spiro atoms. The van der Waals surface area contributed by atoms with E-state index < -0.39 is 12.0 Å². The van der Waals surface area contributed by atoms with Crippen LogP contribution in [0.1, 0.15) is 45.4 Å². The summed E-state index contributed by atoms with van der Waals surface area (Å²) >= 11 is 0. The second-order valence-electron chi connectivity index (χ2n) is 4.86. The molecule has 1 fully saturated rings. The number of nitrogens with one attached hydrogen (secondary N) is 1. The van der Waals surface area contributed by atoms with Gasteiger partial charge in [0, 0.05) is 6.42 Å². The predicted molar refractivity (Wildman–Crippen MR) is 69.4 cm³/mol. The van der Waals surface area contributed by atoms with E-state index >= 15 is 0 Å². The number of likely N-dealkylation sites (tertiary alicyclic amines) is 1. The van der Waals surface area contributed by atoms with Crippen molar-refractivity contribution in [3.8, 4) is 0 Å². The second-order valence-corrected chi connectivity index (χ2v) is 4.86. The molecule has 1 heterocycles. The summed E-state index contributed by atoms with van der Waals surface area (Å²) < 4.78 is 0. The number of carbonyl (C=O) groups excluding carboxylic acids is 1. The number of piperidine rings is 1. The molecule has 0 radical (unpaired) electrons. The maximum absolute atomic E-state index is 11.2. The number of aliphatic carboxylic acids is 1. The topological polar surface area (TPSA) is 69.6 Å². The lowest BCUT2D eigenvalue weighted by molar-refractivity contribution is -0.142. The first-order valence-corrected chi connectivity index (χ1v) is 6.88. The zero-order valence-corrected chi connectivity index (χ0v) is 11.2. The third-order valence-electron chi connectivity index (χ3n) is 3.37. The summed E-state index contributed by atoms with van der Waals surface area (Å²) in [5.41, 5.74) is 0. The van der Waals surface area contributed by atoms with Crippen LogP contribution in [-0.2, 0) is 9.59 Å². The number of hydrogen-bond acceptors (Lipinski definition) is 3. The molecule has 1 atom stereocenters. The number of amides is 1. The van der Waals surface area contributed by atoms with Gasteiger partial charge in [-0.2, -0.15) is 0 Å². The molecule has 2 N–H and O–H groups in total. The summed E-state index contributed by atoms with van der Waals surface area (Å²) in [6, 6.07) is -0.734. The van der Waals surface area contributed by atoms with Crippen LogP contribution in [0.3, 0.4) is 0 Å². The van der Waals surface area contributed by atoms with Crippen molar-refractivity contribution in [3.63, 3.8) is 0 Å². The zero-order chi connectivity index (χ0) is 13.4. The molecule has 0 bridgehead atoms. The van der Waals surface area contributed by atoms with E-state index in [1.165, 1.54) is 19.3 Å². The molecule has 104 valence electrons. The summed E-state index contributed by atoms with van der Waals surface area (Å²) in [5, 5.41) is 11.6. The summed E-state index contributed by atoms with van der Waals surface area (Å²) in [5.74, 6) is -1.13. The van der Waals surface area contributed by atoms with Gasteiger partial charge in [0.15, 0.2) is 0 Å². The van der Waals surface area contributed by atoms with Crippen molar-refractivity contribution in [3.05, 3.63) is 0 Å². The van der Waals surface area contributed by atoms with Crippen LogP contribution < -0.4 is 5.32 Å². The number of nitrogens with zero attached hydrogens (tertiary/aromatic N) is 1. The number of carboxylic acids is 1. The van der Waals surface area contributed by atoms with Crippen LogP contribution in [0.25, 0.3) is 0 Å². The van der Waals surface area contributed by atoms with Crippen molar-refractivity contribution in [2.75, 3.05) is 19.6 Å². The first-order chi connectivity index (χ1) is 8.63. The lowest BCUT2D eigenvalue weighted by Gasteiger charge is -2.26. The van der Waals surface area contributed by atoms with Crippen molar-refractivity contribution in [1.82, 2.24) is 10.2 Å². The van der Waals surface area contributed by atoms with Crippen LogP contribution in [-0.4, -0.2) is 47.6 Å². The Morgan fingerprint density at radius 3 is 2.50 bits per heavy atom. The van der Waals surface area contributed by atoms with Crippen LogP contribution in [0, 0.1) is 0 Å². The molecule has 1 aliphatic heterocycles. The van der Waals surface area contributed by atoms with Gasteiger partial charge in [0.25, 0.3) is 0 Å². The maximum atomic E-state index is 11.2. The number of carboxylic acid groups (broad SMARTS) is 1. The maximum Gasteiger partial charge on any atom is 0.326 e. The van der Waals surface area contributed by atoms with Gasteiger partial charge in [0.2, 0.25) is 5.91 Å². The standard InChI is InChI=1S/C13H24N2O3/c1-2-12(16)14-11(13(17)18)7-6-10-15-8-4-3-5-9-15/h11H,2-10H2,1H3,(H,14,16)(H,17,18). The summed E-state index contributed by atoms with van der Waals surface area (Å²) in [6.45, 7) is 4.91. The fraction of sp³-hybridized carbons (Fsp3) is 0.846. The highest BCUT2D eigenvalue weighted by Gasteiger charge is 2.19. The first-order valence-electron chi connectivity index (χ1n) is 6.88. The molecule has 1 amide bonds. The molecule has 5 heteroatoms. The van der Waals surface area contributed by atoms with E-state index in [0.29, 0.717) is 12.8 Å². The van der Waals surface area contributed by atoms with Gasteiger partial charge in [-0.1, -0.05) is 13.3 Å². The molecule has 18 heavy (non-hydrogen) atoms. The lowest BCUT2D eigenvalue weighted by Crippen LogP contribution is -2.41. The average Bonchev–Trinajstić information content (AvgIpc) is 2.38. The number of hydrogen-bond donors (Lipinski definition) is 2. The molecule has 0 aromatic rings. The summed E-state index contributed by atoms with van der Waals surface area (Å²) in [4.78, 5) is 24.6. The van der Waals surface area contributed by atoms with Crippen molar-refractivity contribution in [2.24, 2.45) is 0 Å². The second kappa shape index (κ2) is 8.08. The Morgan fingerprint density at radius 1 is 1.28 bits per heavy atom. The molecule has 0 aromatic heterocycles. The minimum atomic E-state index is -0.935. The van der Waals surface area contributed by atoms with E-state index in [2.05, 4.69) is 10.2 Å². The molecule has 0 saturated carbocycles. The molecular formula is C13H24N2O3. The Morgan fingerprint density at radius 2 is 1.94 bits per heavy atom. The third-order valence-corrected chi connectivity index (χ3v) is 3.37. The van der Waals surface area contributed by atoms with Gasteiger partial charge in [0.1, 0.15) is 6.04 Å². The third kappa shape index (κ3) is 5.49. The summed E-state index contributed by atoms with van der Waals surface area (Å²) in [7, 11) is 0.